The van der Waals surface area contributed by atoms with Crippen LogP contribution < -0.4 is 0 Å². The molecule has 2 aromatic heterocycles. The molecule has 0 saturated carbocycles. The molecule has 0 radical (unpaired) electrons. The summed E-state index contributed by atoms with van der Waals surface area (Å²) in [6.07, 6.45) is 7.09. The highest BCUT2D eigenvalue weighted by Crippen LogP contribution is 2.35. The molecule has 6 heteroatoms. The number of hydrogen-bond donors (Lipinski definition) is 0. The van der Waals surface area contributed by atoms with Crippen molar-refractivity contribution in [3.05, 3.63) is 59.8 Å². The fourth-order valence-electron chi connectivity index (χ4n) is 4.33. The fourth-order valence-corrected chi connectivity index (χ4v) is 4.33. The minimum absolute atomic E-state index is 0.116. The van der Waals surface area contributed by atoms with Crippen molar-refractivity contribution < 1.29 is 4.74 Å². The van der Waals surface area contributed by atoms with E-state index in [1.54, 1.807) is 0 Å². The van der Waals surface area contributed by atoms with Crippen molar-refractivity contribution in [2.75, 3.05) is 13.1 Å². The van der Waals surface area contributed by atoms with Crippen LogP contribution >= 0.6 is 0 Å². The molecule has 0 N–H and O–H groups in total. The lowest BCUT2D eigenvalue weighted by Crippen LogP contribution is -2.44. The van der Waals surface area contributed by atoms with Gasteiger partial charge in [-0.1, -0.05) is 29.8 Å². The minimum atomic E-state index is -0.116. The van der Waals surface area contributed by atoms with Gasteiger partial charge in [-0.15, -0.1) is 0 Å². The fraction of sp³-hybridized carbons (Fsp3) is 0.429. The Morgan fingerprint density at radius 3 is 2.78 bits per heavy atom. The zero-order valence-corrected chi connectivity index (χ0v) is 15.9. The second kappa shape index (κ2) is 6.32. The van der Waals surface area contributed by atoms with E-state index in [1.165, 1.54) is 22.4 Å². The van der Waals surface area contributed by atoms with Gasteiger partial charge in [0.25, 0.3) is 0 Å². The number of hydrogen-bond acceptors (Lipinski definition) is 4. The first-order chi connectivity index (χ1) is 13.1. The molecule has 140 valence electrons. The van der Waals surface area contributed by atoms with Gasteiger partial charge in [0.2, 0.25) is 0 Å². The molecule has 1 atom stereocenters. The van der Waals surface area contributed by atoms with Gasteiger partial charge in [0.15, 0.2) is 0 Å². The Bertz CT molecular complexity index is 957. The van der Waals surface area contributed by atoms with E-state index in [9.17, 15) is 0 Å². The van der Waals surface area contributed by atoms with E-state index in [0.717, 1.165) is 38.4 Å². The molecule has 1 aromatic carbocycles. The first kappa shape index (κ1) is 16.7. The molecule has 1 fully saturated rings. The lowest BCUT2D eigenvalue weighted by Gasteiger charge is -2.35. The molecule has 2 aliphatic rings. The lowest BCUT2D eigenvalue weighted by atomic mass is 10.0. The Kier molecular flexibility index (Phi) is 3.91. The summed E-state index contributed by atoms with van der Waals surface area (Å²) >= 11 is 0. The van der Waals surface area contributed by atoms with E-state index in [0.29, 0.717) is 6.61 Å². The first-order valence-corrected chi connectivity index (χ1v) is 9.56. The maximum Gasteiger partial charge on any atom is 0.135 e. The third-order valence-corrected chi connectivity index (χ3v) is 5.80. The molecule has 0 unspecified atom stereocenters. The molecular formula is C21H25N5O. The van der Waals surface area contributed by atoms with Crippen LogP contribution in [0, 0.1) is 6.92 Å². The second-order valence-corrected chi connectivity index (χ2v) is 7.97. The quantitative estimate of drug-likeness (QED) is 0.718. The van der Waals surface area contributed by atoms with Crippen molar-refractivity contribution in [2.24, 2.45) is 7.05 Å². The third-order valence-electron chi connectivity index (χ3n) is 5.80. The topological polar surface area (TPSA) is 48.1 Å². The average Bonchev–Trinajstić information content (AvgIpc) is 3.36. The number of benzene rings is 1. The normalized spacial score (nSPS) is 22.4. The molecule has 1 spiro atoms. The van der Waals surface area contributed by atoms with Gasteiger partial charge in [0.1, 0.15) is 18.0 Å². The van der Waals surface area contributed by atoms with Crippen molar-refractivity contribution in [3.8, 4) is 11.3 Å². The summed E-state index contributed by atoms with van der Waals surface area (Å²) in [4.78, 5) is 7.09. The standard InChI is InChI=1S/C21H25N5O/c1-16-3-5-18(6-4-16)19-10-22-20-13-27-21(15-26(19)20)7-8-25(14-21)12-17-9-23-24(2)11-17/h3-6,9-11H,7-8,12-15H2,1-2H3/t21-/m1/s1. The third kappa shape index (κ3) is 3.09. The molecule has 6 nitrogen and oxygen atoms in total. The van der Waals surface area contributed by atoms with Crippen LogP contribution in [-0.2, 0) is 31.5 Å². The van der Waals surface area contributed by atoms with Crippen LogP contribution in [0.5, 0.6) is 0 Å². The molecule has 5 rings (SSSR count). The number of aryl methyl sites for hydroxylation is 2. The Morgan fingerprint density at radius 1 is 1.15 bits per heavy atom. The molecule has 3 aromatic rings. The number of likely N-dealkylation sites (tertiary alicyclic amines) is 1. The van der Waals surface area contributed by atoms with Gasteiger partial charge in [-0.2, -0.15) is 5.10 Å². The van der Waals surface area contributed by atoms with E-state index < -0.39 is 0 Å². The summed E-state index contributed by atoms with van der Waals surface area (Å²) < 4.78 is 10.6. The smallest absolute Gasteiger partial charge is 0.135 e. The maximum atomic E-state index is 6.35. The monoisotopic (exact) mass is 363 g/mol. The van der Waals surface area contributed by atoms with Gasteiger partial charge in [-0.3, -0.25) is 9.58 Å². The molecule has 27 heavy (non-hydrogen) atoms. The van der Waals surface area contributed by atoms with Crippen molar-refractivity contribution >= 4 is 0 Å². The van der Waals surface area contributed by atoms with Crippen molar-refractivity contribution in [1.82, 2.24) is 24.2 Å². The highest BCUT2D eigenvalue weighted by molar-refractivity contribution is 5.60. The highest BCUT2D eigenvalue weighted by Gasteiger charge is 2.43. The number of imidazole rings is 1. The van der Waals surface area contributed by atoms with Crippen LogP contribution in [0.1, 0.15) is 23.4 Å². The molecule has 1 saturated heterocycles. The van der Waals surface area contributed by atoms with Crippen LogP contribution in [0.15, 0.2) is 42.9 Å². The molecule has 0 amide bonds. The number of rotatable bonds is 3. The van der Waals surface area contributed by atoms with Crippen LogP contribution in [0.4, 0.5) is 0 Å². The number of nitrogens with zero attached hydrogens (tertiary/aromatic N) is 5. The van der Waals surface area contributed by atoms with E-state index >= 15 is 0 Å². The summed E-state index contributed by atoms with van der Waals surface area (Å²) in [5.41, 5.74) is 4.84. The summed E-state index contributed by atoms with van der Waals surface area (Å²) in [5, 5.41) is 4.28. The Balaban J connectivity index is 1.36. The minimum Gasteiger partial charge on any atom is -0.364 e. The van der Waals surface area contributed by atoms with Gasteiger partial charge < -0.3 is 9.30 Å². The maximum absolute atomic E-state index is 6.35. The average molecular weight is 363 g/mol. The number of ether oxygens (including phenoxy) is 1. The van der Waals surface area contributed by atoms with E-state index in [1.807, 2.05) is 24.1 Å². The molecule has 4 heterocycles. The molecule has 0 aliphatic carbocycles. The molecule has 0 bridgehead atoms. The van der Waals surface area contributed by atoms with Crippen molar-refractivity contribution in [1.29, 1.82) is 0 Å². The zero-order valence-electron chi connectivity index (χ0n) is 15.9. The summed E-state index contributed by atoms with van der Waals surface area (Å²) in [5.74, 6) is 1.03. The predicted molar refractivity (Wildman–Crippen MR) is 103 cm³/mol. The predicted octanol–water partition coefficient (Wildman–Crippen LogP) is 2.77. The Labute approximate surface area is 159 Å². The molecular weight excluding hydrogens is 338 g/mol. The van der Waals surface area contributed by atoms with Crippen molar-refractivity contribution in [2.45, 2.75) is 38.6 Å². The Morgan fingerprint density at radius 2 is 2.00 bits per heavy atom. The summed E-state index contributed by atoms with van der Waals surface area (Å²) in [6.45, 7) is 6.52. The van der Waals surface area contributed by atoms with Gasteiger partial charge in [0.05, 0.1) is 24.6 Å². The van der Waals surface area contributed by atoms with Gasteiger partial charge in [-0.05, 0) is 18.9 Å². The molecule has 2 aliphatic heterocycles. The highest BCUT2D eigenvalue weighted by atomic mass is 16.5. The Hall–Kier alpha value is -2.44. The van der Waals surface area contributed by atoms with Gasteiger partial charge in [-0.25, -0.2) is 4.98 Å². The number of fused-ring (bicyclic) bond motifs is 1. The van der Waals surface area contributed by atoms with E-state index in [4.69, 9.17) is 4.74 Å². The first-order valence-electron chi connectivity index (χ1n) is 9.56. The van der Waals surface area contributed by atoms with Gasteiger partial charge in [0, 0.05) is 38.4 Å². The largest absolute Gasteiger partial charge is 0.364 e. The van der Waals surface area contributed by atoms with E-state index in [-0.39, 0.29) is 5.60 Å². The SMILES string of the molecule is Cc1ccc(-c2cnc3n2C[C@]2(CCN(Cc4cnn(C)c4)C2)OC3)cc1. The van der Waals surface area contributed by atoms with Crippen LogP contribution in [0.2, 0.25) is 0 Å². The second-order valence-electron chi connectivity index (χ2n) is 7.97. The van der Waals surface area contributed by atoms with E-state index in [2.05, 4.69) is 56.9 Å². The zero-order chi connectivity index (χ0) is 18.4. The van der Waals surface area contributed by atoms with Gasteiger partial charge >= 0.3 is 0 Å². The lowest BCUT2D eigenvalue weighted by molar-refractivity contribution is -0.0821. The van der Waals surface area contributed by atoms with Crippen LogP contribution in [-0.4, -0.2) is 42.9 Å². The van der Waals surface area contributed by atoms with Crippen LogP contribution in [0.3, 0.4) is 0 Å². The van der Waals surface area contributed by atoms with Crippen LogP contribution in [0.25, 0.3) is 11.3 Å². The summed E-state index contributed by atoms with van der Waals surface area (Å²) in [7, 11) is 1.96. The summed E-state index contributed by atoms with van der Waals surface area (Å²) in [6, 6.07) is 8.70. The number of aromatic nitrogens is 4. The van der Waals surface area contributed by atoms with Crippen molar-refractivity contribution in [3.63, 3.8) is 0 Å².